The van der Waals surface area contributed by atoms with Gasteiger partial charge in [0.2, 0.25) is 0 Å². The average Bonchev–Trinajstić information content (AvgIpc) is 2.74. The molecule has 5 heteroatoms. The highest BCUT2D eigenvalue weighted by Gasteiger charge is 2.13. The lowest BCUT2D eigenvalue weighted by atomic mass is 10.0. The predicted molar refractivity (Wildman–Crippen MR) is 127 cm³/mol. The Morgan fingerprint density at radius 2 is 0.968 bits per heavy atom. The highest BCUT2D eigenvalue weighted by Crippen LogP contribution is 2.32. The second-order valence-electron chi connectivity index (χ2n) is 7.14. The first kappa shape index (κ1) is 21.7. The van der Waals surface area contributed by atoms with Gasteiger partial charge in [-0.2, -0.15) is 0 Å². The lowest BCUT2D eigenvalue weighted by Gasteiger charge is -2.15. The smallest absolute Gasteiger partial charge is 0.130 e. The molecule has 4 aromatic rings. The molecule has 0 fully saturated rings. The fourth-order valence-electron chi connectivity index (χ4n) is 3.36. The van der Waals surface area contributed by atoms with E-state index in [1.165, 1.54) is 12.1 Å². The topological polar surface area (TPSA) is 9.23 Å². The molecule has 0 amide bonds. The summed E-state index contributed by atoms with van der Waals surface area (Å²) in [6, 6.07) is 25.2. The summed E-state index contributed by atoms with van der Waals surface area (Å²) < 4.78 is 36.4. The Kier molecular flexibility index (Phi) is 6.83. The third-order valence-corrected chi connectivity index (χ3v) is 5.94. The largest absolute Gasteiger partial charge is 0.457 e. The normalized spacial score (nSPS) is 10.8. The number of hydrogen-bond donors (Lipinski definition) is 0. The summed E-state index contributed by atoms with van der Waals surface area (Å²) in [5.74, 6) is 0.757. The fourth-order valence-corrected chi connectivity index (χ4v) is 4.02. The molecular weight excluding hydrogens is 526 g/mol. The minimum Gasteiger partial charge on any atom is -0.457 e. The minimum atomic E-state index is -0.268. The molecule has 0 saturated heterocycles. The molecule has 0 aliphatic carbocycles. The van der Waals surface area contributed by atoms with E-state index >= 15 is 0 Å². The van der Waals surface area contributed by atoms with Gasteiger partial charge in [-0.3, -0.25) is 0 Å². The van der Waals surface area contributed by atoms with Crippen molar-refractivity contribution in [2.24, 2.45) is 0 Å². The second kappa shape index (κ2) is 9.75. The second-order valence-corrected chi connectivity index (χ2v) is 8.97. The molecule has 0 radical (unpaired) electrons. The lowest BCUT2D eigenvalue weighted by Crippen LogP contribution is -1.99. The molecule has 4 aromatic carbocycles. The number of hydrogen-bond acceptors (Lipinski definition) is 1. The molecule has 156 valence electrons. The van der Waals surface area contributed by atoms with Gasteiger partial charge in [0.15, 0.2) is 0 Å². The molecule has 0 heterocycles. The maximum absolute atomic E-state index is 14.4. The van der Waals surface area contributed by atoms with Crippen molar-refractivity contribution in [1.29, 1.82) is 0 Å². The van der Waals surface area contributed by atoms with Crippen LogP contribution in [0.5, 0.6) is 11.5 Å². The maximum Gasteiger partial charge on any atom is 0.130 e. The van der Waals surface area contributed by atoms with E-state index in [1.807, 2.05) is 60.7 Å². The van der Waals surface area contributed by atoms with Crippen LogP contribution in [-0.4, -0.2) is 0 Å². The molecule has 0 bridgehead atoms. The van der Waals surface area contributed by atoms with E-state index < -0.39 is 0 Å². The molecule has 0 N–H and O–H groups in total. The highest BCUT2D eigenvalue weighted by atomic mass is 79.9. The van der Waals surface area contributed by atoms with Gasteiger partial charge < -0.3 is 4.74 Å². The molecule has 0 aliphatic heterocycles. The monoisotopic (exact) mass is 542 g/mol. The van der Waals surface area contributed by atoms with Crippen molar-refractivity contribution in [2.45, 2.75) is 12.8 Å². The van der Waals surface area contributed by atoms with E-state index in [2.05, 4.69) is 31.9 Å². The van der Waals surface area contributed by atoms with Crippen molar-refractivity contribution >= 4 is 31.9 Å². The van der Waals surface area contributed by atoms with Crippen LogP contribution < -0.4 is 4.74 Å². The molecule has 0 spiro atoms. The van der Waals surface area contributed by atoms with Crippen LogP contribution in [0.4, 0.5) is 8.78 Å². The van der Waals surface area contributed by atoms with Gasteiger partial charge in [0.25, 0.3) is 0 Å². The summed E-state index contributed by atoms with van der Waals surface area (Å²) in [6.07, 6.45) is 0.803. The Bertz CT molecular complexity index is 1130. The van der Waals surface area contributed by atoms with Crippen molar-refractivity contribution in [1.82, 2.24) is 0 Å². The van der Waals surface area contributed by atoms with Gasteiger partial charge in [0.05, 0.1) is 0 Å². The summed E-state index contributed by atoms with van der Waals surface area (Å²) in [7, 11) is 0. The third-order valence-electron chi connectivity index (χ3n) is 4.96. The zero-order chi connectivity index (χ0) is 21.8. The molecule has 1 nitrogen and oxygen atoms in total. The zero-order valence-corrected chi connectivity index (χ0v) is 19.6. The Balaban J connectivity index is 1.62. The third kappa shape index (κ3) is 5.41. The van der Waals surface area contributed by atoms with E-state index in [0.29, 0.717) is 44.4 Å². The SMILES string of the molecule is Fc1cc(Br)ccc1Cc1ccccc1Oc1ccccc1Cc1ccc(Br)cc1F. The molecule has 31 heavy (non-hydrogen) atoms. The van der Waals surface area contributed by atoms with Crippen LogP contribution in [0.1, 0.15) is 22.3 Å². The molecule has 0 atom stereocenters. The number of para-hydroxylation sites is 2. The summed E-state index contributed by atoms with van der Waals surface area (Å²) in [6.45, 7) is 0. The van der Waals surface area contributed by atoms with Gasteiger partial charge in [0, 0.05) is 21.8 Å². The van der Waals surface area contributed by atoms with E-state index in [9.17, 15) is 8.78 Å². The van der Waals surface area contributed by atoms with Gasteiger partial charge >= 0.3 is 0 Å². The fraction of sp³-hybridized carbons (Fsp3) is 0.0769. The molecule has 4 rings (SSSR count). The van der Waals surface area contributed by atoms with Gasteiger partial charge in [0.1, 0.15) is 23.1 Å². The highest BCUT2D eigenvalue weighted by molar-refractivity contribution is 9.10. The van der Waals surface area contributed by atoms with Crippen LogP contribution in [0, 0.1) is 11.6 Å². The van der Waals surface area contributed by atoms with E-state index in [1.54, 1.807) is 12.1 Å². The van der Waals surface area contributed by atoms with E-state index in [0.717, 1.165) is 11.1 Å². The summed E-state index contributed by atoms with van der Waals surface area (Å²) in [5, 5.41) is 0. The molecule has 0 aliphatic rings. The standard InChI is InChI=1S/C26H18Br2F2O/c27-21-11-9-17(23(29)15-21)13-19-5-1-3-7-25(19)31-26-8-4-2-6-20(26)14-18-10-12-22(28)16-24(18)30/h1-12,15-16H,13-14H2. The van der Waals surface area contributed by atoms with Gasteiger partial charge in [-0.1, -0.05) is 80.4 Å². The molecule has 0 saturated carbocycles. The molecule has 0 unspecified atom stereocenters. The van der Waals surface area contributed by atoms with Crippen LogP contribution in [-0.2, 0) is 12.8 Å². The number of ether oxygens (including phenoxy) is 1. The van der Waals surface area contributed by atoms with Crippen LogP contribution in [0.2, 0.25) is 0 Å². The minimum absolute atomic E-state index is 0.268. The quantitative estimate of drug-likeness (QED) is 0.237. The first-order valence-corrected chi connectivity index (χ1v) is 11.3. The first-order chi connectivity index (χ1) is 15.0. The number of halogens is 4. The van der Waals surface area contributed by atoms with Crippen molar-refractivity contribution < 1.29 is 13.5 Å². The number of rotatable bonds is 6. The molecular formula is C26H18Br2F2O. The Hall–Kier alpha value is -2.50. The van der Waals surface area contributed by atoms with Gasteiger partial charge in [-0.15, -0.1) is 0 Å². The Morgan fingerprint density at radius 1 is 0.548 bits per heavy atom. The van der Waals surface area contributed by atoms with Crippen molar-refractivity contribution in [2.75, 3.05) is 0 Å². The summed E-state index contributed by atoms with van der Waals surface area (Å²) in [5.41, 5.74) is 2.91. The lowest BCUT2D eigenvalue weighted by molar-refractivity contribution is 0.471. The van der Waals surface area contributed by atoms with E-state index in [-0.39, 0.29) is 11.6 Å². The van der Waals surface area contributed by atoms with E-state index in [4.69, 9.17) is 4.74 Å². The van der Waals surface area contributed by atoms with Crippen LogP contribution in [0.15, 0.2) is 93.9 Å². The number of benzene rings is 4. The van der Waals surface area contributed by atoms with Crippen molar-refractivity contribution in [3.05, 3.63) is 128 Å². The average molecular weight is 544 g/mol. The molecule has 0 aromatic heterocycles. The van der Waals surface area contributed by atoms with Gasteiger partial charge in [-0.25, -0.2) is 8.78 Å². The summed E-state index contributed by atoms with van der Waals surface area (Å²) >= 11 is 6.58. The van der Waals surface area contributed by atoms with Crippen LogP contribution in [0.3, 0.4) is 0 Å². The van der Waals surface area contributed by atoms with Crippen molar-refractivity contribution in [3.8, 4) is 11.5 Å². The zero-order valence-electron chi connectivity index (χ0n) is 16.4. The van der Waals surface area contributed by atoms with Crippen molar-refractivity contribution in [3.63, 3.8) is 0 Å². The van der Waals surface area contributed by atoms with Gasteiger partial charge in [-0.05, 0) is 58.7 Å². The Morgan fingerprint density at radius 3 is 1.39 bits per heavy atom. The summed E-state index contributed by atoms with van der Waals surface area (Å²) in [4.78, 5) is 0. The first-order valence-electron chi connectivity index (χ1n) is 9.71. The Labute approximate surface area is 197 Å². The maximum atomic E-state index is 14.4. The predicted octanol–water partition coefficient (Wildman–Crippen LogP) is 8.46. The van der Waals surface area contributed by atoms with Crippen LogP contribution in [0.25, 0.3) is 0 Å². The van der Waals surface area contributed by atoms with Crippen LogP contribution >= 0.6 is 31.9 Å².